The molecule has 0 amide bonds. The standard InChI is InChI=1S/C14H17NO4/c1-17-12-5-3-4-10-8-11(19-14(10)12)9-15-7-6-13(16)18-2/h3-5,8,15H,6-7,9H2,1-2H3. The number of carbonyl (C=O) groups is 1. The van der Waals surface area contributed by atoms with Gasteiger partial charge < -0.3 is 19.2 Å². The lowest BCUT2D eigenvalue weighted by Gasteiger charge is -2.01. The highest BCUT2D eigenvalue weighted by molar-refractivity contribution is 5.83. The Labute approximate surface area is 111 Å². The summed E-state index contributed by atoms with van der Waals surface area (Å²) in [5.74, 6) is 1.31. The maximum atomic E-state index is 10.9. The number of nitrogens with one attached hydrogen (secondary N) is 1. The summed E-state index contributed by atoms with van der Waals surface area (Å²) in [4.78, 5) is 10.9. The average molecular weight is 263 g/mol. The minimum absolute atomic E-state index is 0.223. The number of hydrogen-bond donors (Lipinski definition) is 1. The summed E-state index contributed by atoms with van der Waals surface area (Å²) in [7, 11) is 3.00. The fourth-order valence-corrected chi connectivity index (χ4v) is 1.84. The Morgan fingerprint density at radius 3 is 2.95 bits per heavy atom. The number of hydrogen-bond acceptors (Lipinski definition) is 5. The van der Waals surface area contributed by atoms with Gasteiger partial charge in [0.05, 0.1) is 27.2 Å². The first-order valence-corrected chi connectivity index (χ1v) is 6.07. The summed E-state index contributed by atoms with van der Waals surface area (Å²) in [6.07, 6.45) is 0.347. The van der Waals surface area contributed by atoms with Gasteiger partial charge in [0.2, 0.25) is 0 Å². The van der Waals surface area contributed by atoms with E-state index >= 15 is 0 Å². The van der Waals surface area contributed by atoms with Crippen LogP contribution in [0.3, 0.4) is 0 Å². The molecule has 0 atom stereocenters. The van der Waals surface area contributed by atoms with Gasteiger partial charge in [-0.2, -0.15) is 0 Å². The number of furan rings is 1. The van der Waals surface area contributed by atoms with E-state index in [2.05, 4.69) is 10.1 Å². The van der Waals surface area contributed by atoms with E-state index in [4.69, 9.17) is 9.15 Å². The fourth-order valence-electron chi connectivity index (χ4n) is 1.84. The van der Waals surface area contributed by atoms with Crippen molar-refractivity contribution in [1.29, 1.82) is 0 Å². The van der Waals surface area contributed by atoms with Crippen molar-refractivity contribution in [2.24, 2.45) is 0 Å². The Morgan fingerprint density at radius 1 is 1.37 bits per heavy atom. The summed E-state index contributed by atoms with van der Waals surface area (Å²) in [5, 5.41) is 4.13. The molecular weight excluding hydrogens is 246 g/mol. The van der Waals surface area contributed by atoms with Gasteiger partial charge in [0.15, 0.2) is 11.3 Å². The van der Waals surface area contributed by atoms with Crippen molar-refractivity contribution in [1.82, 2.24) is 5.32 Å². The molecule has 5 heteroatoms. The number of fused-ring (bicyclic) bond motifs is 1. The van der Waals surface area contributed by atoms with Crippen LogP contribution in [0.15, 0.2) is 28.7 Å². The molecule has 0 saturated carbocycles. The number of esters is 1. The van der Waals surface area contributed by atoms with Gasteiger partial charge >= 0.3 is 5.97 Å². The minimum Gasteiger partial charge on any atom is -0.493 e. The molecule has 0 aliphatic heterocycles. The molecule has 0 aliphatic carbocycles. The van der Waals surface area contributed by atoms with Crippen LogP contribution in [0.25, 0.3) is 11.0 Å². The lowest BCUT2D eigenvalue weighted by molar-refractivity contribution is -0.140. The Kier molecular flexibility index (Phi) is 4.41. The molecule has 0 bridgehead atoms. The zero-order valence-electron chi connectivity index (χ0n) is 11.1. The van der Waals surface area contributed by atoms with E-state index in [1.807, 2.05) is 24.3 Å². The van der Waals surface area contributed by atoms with Crippen molar-refractivity contribution in [2.45, 2.75) is 13.0 Å². The van der Waals surface area contributed by atoms with Crippen LogP contribution in [0.4, 0.5) is 0 Å². The second-order valence-electron chi connectivity index (χ2n) is 4.09. The first kappa shape index (κ1) is 13.4. The molecule has 0 radical (unpaired) electrons. The third-order valence-corrected chi connectivity index (χ3v) is 2.81. The molecule has 1 aromatic heterocycles. The molecule has 2 rings (SSSR count). The lowest BCUT2D eigenvalue weighted by Crippen LogP contribution is -2.18. The van der Waals surface area contributed by atoms with Gasteiger partial charge in [-0.25, -0.2) is 0 Å². The van der Waals surface area contributed by atoms with Crippen LogP contribution in [0, 0.1) is 0 Å². The average Bonchev–Trinajstić information content (AvgIpc) is 2.85. The number of para-hydroxylation sites is 1. The molecule has 0 aliphatic rings. The van der Waals surface area contributed by atoms with Gasteiger partial charge in [-0.05, 0) is 12.1 Å². The highest BCUT2D eigenvalue weighted by Crippen LogP contribution is 2.28. The first-order valence-electron chi connectivity index (χ1n) is 6.07. The minimum atomic E-state index is -0.223. The van der Waals surface area contributed by atoms with Crippen LogP contribution >= 0.6 is 0 Å². The third-order valence-electron chi connectivity index (χ3n) is 2.81. The highest BCUT2D eigenvalue weighted by atomic mass is 16.5. The quantitative estimate of drug-likeness (QED) is 0.638. The van der Waals surface area contributed by atoms with E-state index in [9.17, 15) is 4.79 Å². The Bertz CT molecular complexity index is 562. The van der Waals surface area contributed by atoms with E-state index < -0.39 is 0 Å². The number of rotatable bonds is 6. The molecule has 0 spiro atoms. The maximum Gasteiger partial charge on any atom is 0.306 e. The van der Waals surface area contributed by atoms with Crippen LogP contribution in [0.1, 0.15) is 12.2 Å². The number of benzene rings is 1. The topological polar surface area (TPSA) is 60.7 Å². The van der Waals surface area contributed by atoms with Crippen LogP contribution < -0.4 is 10.1 Å². The molecule has 1 aromatic carbocycles. The Balaban J connectivity index is 1.96. The number of ether oxygens (including phenoxy) is 2. The zero-order valence-corrected chi connectivity index (χ0v) is 11.1. The van der Waals surface area contributed by atoms with Crippen molar-refractivity contribution in [2.75, 3.05) is 20.8 Å². The Hall–Kier alpha value is -2.01. The number of methoxy groups -OCH3 is 2. The van der Waals surface area contributed by atoms with Gasteiger partial charge in [-0.1, -0.05) is 12.1 Å². The van der Waals surface area contributed by atoms with E-state index in [1.165, 1.54) is 7.11 Å². The van der Waals surface area contributed by atoms with E-state index in [-0.39, 0.29) is 5.97 Å². The summed E-state index contributed by atoms with van der Waals surface area (Å²) in [6, 6.07) is 7.72. The highest BCUT2D eigenvalue weighted by Gasteiger charge is 2.08. The van der Waals surface area contributed by atoms with Gasteiger partial charge in [0.25, 0.3) is 0 Å². The normalized spacial score (nSPS) is 10.6. The van der Waals surface area contributed by atoms with Crippen molar-refractivity contribution >= 4 is 16.9 Å². The predicted octanol–water partition coefficient (Wildman–Crippen LogP) is 2.09. The van der Waals surface area contributed by atoms with E-state index in [0.29, 0.717) is 19.5 Å². The molecule has 0 saturated heterocycles. The molecule has 19 heavy (non-hydrogen) atoms. The summed E-state index contributed by atoms with van der Waals surface area (Å²) in [6.45, 7) is 1.12. The monoisotopic (exact) mass is 263 g/mol. The van der Waals surface area contributed by atoms with Crippen molar-refractivity contribution in [3.63, 3.8) is 0 Å². The summed E-state index contributed by atoms with van der Waals surface area (Å²) >= 11 is 0. The molecule has 0 fully saturated rings. The second-order valence-corrected chi connectivity index (χ2v) is 4.09. The predicted molar refractivity (Wildman–Crippen MR) is 71.1 cm³/mol. The van der Waals surface area contributed by atoms with Gasteiger partial charge in [0, 0.05) is 11.9 Å². The largest absolute Gasteiger partial charge is 0.493 e. The zero-order chi connectivity index (χ0) is 13.7. The molecule has 1 N–H and O–H groups in total. The van der Waals surface area contributed by atoms with Gasteiger partial charge in [0.1, 0.15) is 5.76 Å². The van der Waals surface area contributed by atoms with Gasteiger partial charge in [-0.3, -0.25) is 4.79 Å². The van der Waals surface area contributed by atoms with Crippen LogP contribution in [0.2, 0.25) is 0 Å². The van der Waals surface area contributed by atoms with Crippen LogP contribution in [-0.2, 0) is 16.1 Å². The summed E-state index contributed by atoms with van der Waals surface area (Å²) in [5.41, 5.74) is 0.745. The maximum absolute atomic E-state index is 10.9. The molecule has 2 aromatic rings. The first-order chi connectivity index (χ1) is 9.24. The van der Waals surface area contributed by atoms with E-state index in [0.717, 1.165) is 22.5 Å². The molecular formula is C14H17NO4. The van der Waals surface area contributed by atoms with Crippen molar-refractivity contribution < 1.29 is 18.7 Å². The fraction of sp³-hybridized carbons (Fsp3) is 0.357. The molecule has 0 unspecified atom stereocenters. The smallest absolute Gasteiger partial charge is 0.306 e. The Morgan fingerprint density at radius 2 is 2.21 bits per heavy atom. The van der Waals surface area contributed by atoms with Crippen molar-refractivity contribution in [3.05, 3.63) is 30.0 Å². The van der Waals surface area contributed by atoms with E-state index in [1.54, 1.807) is 7.11 Å². The molecule has 102 valence electrons. The van der Waals surface area contributed by atoms with Gasteiger partial charge in [-0.15, -0.1) is 0 Å². The van der Waals surface area contributed by atoms with Crippen molar-refractivity contribution in [3.8, 4) is 5.75 Å². The third kappa shape index (κ3) is 3.26. The SMILES string of the molecule is COC(=O)CCNCc1cc2cccc(OC)c2o1. The second kappa shape index (κ2) is 6.24. The molecule has 1 heterocycles. The summed E-state index contributed by atoms with van der Waals surface area (Å²) < 4.78 is 15.5. The lowest BCUT2D eigenvalue weighted by atomic mass is 10.2. The van der Waals surface area contributed by atoms with Crippen LogP contribution in [0.5, 0.6) is 5.75 Å². The van der Waals surface area contributed by atoms with Crippen LogP contribution in [-0.4, -0.2) is 26.7 Å². The molecule has 5 nitrogen and oxygen atoms in total. The number of carbonyl (C=O) groups excluding carboxylic acids is 1.